The fourth-order valence-corrected chi connectivity index (χ4v) is 2.03. The van der Waals surface area contributed by atoms with Gasteiger partial charge in [-0.05, 0) is 53.0 Å². The predicted molar refractivity (Wildman–Crippen MR) is 92.9 cm³/mol. The van der Waals surface area contributed by atoms with Crippen molar-refractivity contribution in [3.8, 4) is 0 Å². The van der Waals surface area contributed by atoms with E-state index in [2.05, 4.69) is 17.6 Å². The second-order valence-corrected chi connectivity index (χ2v) is 6.64. The molecule has 0 aliphatic heterocycles. The first kappa shape index (κ1) is 22.1. The fourth-order valence-electron chi connectivity index (χ4n) is 2.03. The number of ether oxygens (including phenoxy) is 3. The monoisotopic (exact) mass is 332 g/mol. The Labute approximate surface area is 141 Å². The summed E-state index contributed by atoms with van der Waals surface area (Å²) in [6.45, 7) is 11.5. The Balaban J connectivity index is 3.73. The summed E-state index contributed by atoms with van der Waals surface area (Å²) in [5.41, 5.74) is -0.454. The van der Waals surface area contributed by atoms with Gasteiger partial charge in [-0.25, -0.2) is 4.79 Å². The van der Waals surface area contributed by atoms with Crippen molar-refractivity contribution in [1.29, 1.82) is 0 Å². The van der Waals surface area contributed by atoms with Gasteiger partial charge in [-0.1, -0.05) is 6.92 Å². The third-order valence-corrected chi connectivity index (χ3v) is 3.01. The highest BCUT2D eigenvalue weighted by atomic mass is 16.6. The van der Waals surface area contributed by atoms with E-state index in [1.807, 2.05) is 20.8 Å². The second-order valence-electron chi connectivity index (χ2n) is 6.64. The van der Waals surface area contributed by atoms with Gasteiger partial charge in [0.15, 0.2) is 0 Å². The van der Waals surface area contributed by atoms with E-state index in [-0.39, 0.29) is 6.09 Å². The van der Waals surface area contributed by atoms with Gasteiger partial charge < -0.3 is 24.8 Å². The van der Waals surface area contributed by atoms with Crippen LogP contribution in [0.1, 0.15) is 53.4 Å². The molecule has 1 unspecified atom stereocenters. The number of alkyl carbamates (subject to hydrolysis) is 1. The Morgan fingerprint density at radius 2 is 1.87 bits per heavy atom. The molecule has 0 rings (SSSR count). The zero-order valence-corrected chi connectivity index (χ0v) is 15.6. The Morgan fingerprint density at radius 3 is 2.48 bits per heavy atom. The highest BCUT2D eigenvalue weighted by Crippen LogP contribution is 2.06. The zero-order valence-electron chi connectivity index (χ0n) is 15.6. The van der Waals surface area contributed by atoms with Crippen LogP contribution in [0.4, 0.5) is 4.79 Å². The topological polar surface area (TPSA) is 68.8 Å². The number of rotatable bonds is 13. The zero-order chi connectivity index (χ0) is 17.6. The Morgan fingerprint density at radius 1 is 1.13 bits per heavy atom. The van der Waals surface area contributed by atoms with Crippen molar-refractivity contribution in [1.82, 2.24) is 10.6 Å². The Bertz CT molecular complexity index is 293. The first-order valence-electron chi connectivity index (χ1n) is 8.66. The van der Waals surface area contributed by atoms with Crippen LogP contribution in [0.2, 0.25) is 0 Å². The van der Waals surface area contributed by atoms with Crippen molar-refractivity contribution in [3.05, 3.63) is 0 Å². The first-order valence-corrected chi connectivity index (χ1v) is 8.66. The quantitative estimate of drug-likeness (QED) is 0.508. The van der Waals surface area contributed by atoms with Crippen molar-refractivity contribution in [2.75, 3.05) is 40.0 Å². The molecule has 0 aliphatic rings. The fraction of sp³-hybridized carbons (Fsp3) is 0.941. The third kappa shape index (κ3) is 15.8. The lowest BCUT2D eigenvalue weighted by atomic mass is 10.1. The SMILES string of the molecule is CCCOCCCNC(CCCNC(=O)OC(C)(C)C)COC. The van der Waals surface area contributed by atoms with Crippen LogP contribution in [0, 0.1) is 0 Å². The van der Waals surface area contributed by atoms with Crippen molar-refractivity contribution in [2.45, 2.75) is 65.0 Å². The number of nitrogens with one attached hydrogen (secondary N) is 2. The van der Waals surface area contributed by atoms with Crippen molar-refractivity contribution < 1.29 is 19.0 Å². The standard InChI is InChI=1S/C17H36N2O4/c1-6-12-22-13-8-11-18-15(14-21-5)9-7-10-19-16(20)23-17(2,3)4/h15,18H,6-14H2,1-5H3,(H,19,20). The van der Waals surface area contributed by atoms with Gasteiger partial charge in [0.25, 0.3) is 0 Å². The summed E-state index contributed by atoms with van der Waals surface area (Å²) in [6.07, 6.45) is 3.52. The largest absolute Gasteiger partial charge is 0.444 e. The Kier molecular flexibility index (Phi) is 13.1. The van der Waals surface area contributed by atoms with Gasteiger partial charge in [-0.3, -0.25) is 0 Å². The molecule has 1 amide bonds. The number of methoxy groups -OCH3 is 1. The maximum Gasteiger partial charge on any atom is 0.407 e. The molecule has 0 heterocycles. The van der Waals surface area contributed by atoms with Crippen LogP contribution in [-0.2, 0) is 14.2 Å². The van der Waals surface area contributed by atoms with Crippen LogP contribution in [0.15, 0.2) is 0 Å². The average Bonchev–Trinajstić information content (AvgIpc) is 2.45. The molecule has 138 valence electrons. The van der Waals surface area contributed by atoms with E-state index >= 15 is 0 Å². The van der Waals surface area contributed by atoms with Gasteiger partial charge in [0.05, 0.1) is 6.61 Å². The minimum absolute atomic E-state index is 0.298. The van der Waals surface area contributed by atoms with E-state index in [4.69, 9.17) is 14.2 Å². The number of carbonyl (C=O) groups excluding carboxylic acids is 1. The maximum atomic E-state index is 11.5. The van der Waals surface area contributed by atoms with E-state index in [9.17, 15) is 4.79 Å². The molecule has 6 nitrogen and oxygen atoms in total. The van der Waals surface area contributed by atoms with Crippen LogP contribution >= 0.6 is 0 Å². The molecule has 0 aromatic heterocycles. The molecule has 6 heteroatoms. The lowest BCUT2D eigenvalue weighted by molar-refractivity contribution is 0.0526. The van der Waals surface area contributed by atoms with Crippen molar-refractivity contribution in [3.63, 3.8) is 0 Å². The van der Waals surface area contributed by atoms with Gasteiger partial charge >= 0.3 is 6.09 Å². The highest BCUT2D eigenvalue weighted by Gasteiger charge is 2.15. The van der Waals surface area contributed by atoms with E-state index < -0.39 is 5.60 Å². The minimum Gasteiger partial charge on any atom is -0.444 e. The molecular formula is C17H36N2O4. The minimum atomic E-state index is -0.454. The smallest absolute Gasteiger partial charge is 0.407 e. The summed E-state index contributed by atoms with van der Waals surface area (Å²) >= 11 is 0. The molecule has 0 bridgehead atoms. The number of carbonyl (C=O) groups is 1. The molecule has 0 aromatic rings. The van der Waals surface area contributed by atoms with Gasteiger partial charge in [-0.2, -0.15) is 0 Å². The van der Waals surface area contributed by atoms with Gasteiger partial charge in [0, 0.05) is 32.9 Å². The summed E-state index contributed by atoms with van der Waals surface area (Å²) in [5, 5.41) is 6.25. The summed E-state index contributed by atoms with van der Waals surface area (Å²) < 4.78 is 15.9. The van der Waals surface area contributed by atoms with E-state index in [0.717, 1.165) is 45.4 Å². The van der Waals surface area contributed by atoms with Crippen molar-refractivity contribution in [2.24, 2.45) is 0 Å². The van der Waals surface area contributed by atoms with Crippen molar-refractivity contribution >= 4 is 6.09 Å². The third-order valence-electron chi connectivity index (χ3n) is 3.01. The van der Waals surface area contributed by atoms with Crippen LogP contribution < -0.4 is 10.6 Å². The van der Waals surface area contributed by atoms with Gasteiger partial charge in [0.1, 0.15) is 5.60 Å². The molecule has 23 heavy (non-hydrogen) atoms. The molecule has 0 saturated heterocycles. The molecule has 0 fully saturated rings. The maximum absolute atomic E-state index is 11.5. The average molecular weight is 332 g/mol. The predicted octanol–water partition coefficient (Wildman–Crippen LogP) is 2.71. The normalized spacial score (nSPS) is 12.9. The molecule has 1 atom stereocenters. The molecule has 0 aliphatic carbocycles. The first-order chi connectivity index (χ1) is 10.9. The highest BCUT2D eigenvalue weighted by molar-refractivity contribution is 5.67. The lowest BCUT2D eigenvalue weighted by Crippen LogP contribution is -2.36. The van der Waals surface area contributed by atoms with Crippen LogP contribution in [0.3, 0.4) is 0 Å². The summed E-state index contributed by atoms with van der Waals surface area (Å²) in [4.78, 5) is 11.5. The lowest BCUT2D eigenvalue weighted by Gasteiger charge is -2.20. The molecule has 0 radical (unpaired) electrons. The molecular weight excluding hydrogens is 296 g/mol. The van der Waals surface area contributed by atoms with E-state index in [1.165, 1.54) is 0 Å². The molecule has 0 aromatic carbocycles. The van der Waals surface area contributed by atoms with Gasteiger partial charge in [-0.15, -0.1) is 0 Å². The Hall–Kier alpha value is -0.850. The molecule has 0 saturated carbocycles. The summed E-state index contributed by atoms with van der Waals surface area (Å²) in [6, 6.07) is 0.298. The summed E-state index contributed by atoms with van der Waals surface area (Å²) in [5.74, 6) is 0. The van der Waals surface area contributed by atoms with Crippen LogP contribution in [0.25, 0.3) is 0 Å². The molecule has 2 N–H and O–H groups in total. The summed E-state index contributed by atoms with van der Waals surface area (Å²) in [7, 11) is 1.71. The number of hydrogen-bond acceptors (Lipinski definition) is 5. The van der Waals surface area contributed by atoms with E-state index in [1.54, 1.807) is 7.11 Å². The molecule has 0 spiro atoms. The number of hydrogen-bond donors (Lipinski definition) is 2. The van der Waals surface area contributed by atoms with Crippen LogP contribution in [-0.4, -0.2) is 57.8 Å². The van der Waals surface area contributed by atoms with Crippen LogP contribution in [0.5, 0.6) is 0 Å². The van der Waals surface area contributed by atoms with Gasteiger partial charge in [0.2, 0.25) is 0 Å². The second kappa shape index (κ2) is 13.6. The van der Waals surface area contributed by atoms with E-state index in [0.29, 0.717) is 19.2 Å². The number of amides is 1.